The van der Waals surface area contributed by atoms with Crippen molar-refractivity contribution in [2.75, 3.05) is 19.8 Å². The third-order valence-electron chi connectivity index (χ3n) is 7.16. The molecular formula is C35H65N2O7P. The molecule has 4 atom stereocenters. The third-order valence-corrected chi connectivity index (χ3v) is 8.14. The molecule has 262 valence electrons. The maximum atomic E-state index is 12.6. The van der Waals surface area contributed by atoms with Crippen LogP contribution in [-0.2, 0) is 18.4 Å². The summed E-state index contributed by atoms with van der Waals surface area (Å²) in [4.78, 5) is 22.5. The smallest absolute Gasteiger partial charge is 0.393 e. The second-order valence-corrected chi connectivity index (χ2v) is 13.0. The number of amides is 1. The number of carbonyl (C=O) groups excluding carboxylic acids is 1. The highest BCUT2D eigenvalue weighted by Gasteiger charge is 2.27. The van der Waals surface area contributed by atoms with Gasteiger partial charge in [0.2, 0.25) is 5.91 Å². The summed E-state index contributed by atoms with van der Waals surface area (Å²) in [5.74, 6) is -0.480. The Morgan fingerprint density at radius 1 is 0.756 bits per heavy atom. The van der Waals surface area contributed by atoms with Crippen molar-refractivity contribution in [2.24, 2.45) is 5.73 Å². The summed E-state index contributed by atoms with van der Waals surface area (Å²) >= 11 is 0. The normalized spacial score (nSPS) is 15.8. The predicted molar refractivity (Wildman–Crippen MR) is 186 cm³/mol. The maximum Gasteiger partial charge on any atom is 0.472 e. The van der Waals surface area contributed by atoms with E-state index in [0.717, 1.165) is 51.4 Å². The molecule has 0 saturated carbocycles. The Morgan fingerprint density at radius 3 is 1.89 bits per heavy atom. The first-order valence-corrected chi connectivity index (χ1v) is 18.8. The number of hydrogen-bond acceptors (Lipinski definition) is 7. The maximum absolute atomic E-state index is 12.6. The van der Waals surface area contributed by atoms with Crippen LogP contribution in [0.15, 0.2) is 48.6 Å². The van der Waals surface area contributed by atoms with Crippen LogP contribution in [0, 0.1) is 0 Å². The van der Waals surface area contributed by atoms with Crippen LogP contribution in [0.3, 0.4) is 0 Å². The summed E-state index contributed by atoms with van der Waals surface area (Å²) in [6.45, 7) is 3.81. The summed E-state index contributed by atoms with van der Waals surface area (Å²) in [5.41, 5.74) is 5.32. The topological polar surface area (TPSA) is 151 Å². The zero-order chi connectivity index (χ0) is 33.4. The monoisotopic (exact) mass is 656 g/mol. The van der Waals surface area contributed by atoms with Crippen LogP contribution in [0.25, 0.3) is 0 Å². The van der Waals surface area contributed by atoms with Crippen molar-refractivity contribution in [3.8, 4) is 0 Å². The fraction of sp³-hybridized carbons (Fsp3) is 0.743. The number of allylic oxidation sites excluding steroid dienone is 7. The molecule has 0 fully saturated rings. The molecule has 0 rings (SSSR count). The van der Waals surface area contributed by atoms with Crippen LogP contribution in [0.1, 0.15) is 129 Å². The number of aliphatic hydroxyl groups is 2. The first kappa shape index (κ1) is 43.4. The molecule has 0 aliphatic heterocycles. The average Bonchev–Trinajstić information content (AvgIpc) is 3.01. The van der Waals surface area contributed by atoms with Crippen molar-refractivity contribution in [3.63, 3.8) is 0 Å². The summed E-state index contributed by atoms with van der Waals surface area (Å²) in [5, 5.41) is 23.7. The van der Waals surface area contributed by atoms with Gasteiger partial charge in [0, 0.05) is 6.54 Å². The standard InChI is InChI=1S/C35H65N2O7P/c1-3-5-7-9-11-13-14-15-16-17-18-19-21-23-25-27-34(39)33(31-44-45(41,42)43-29-28-36)37-35(40)30-32(38)26-24-22-20-12-10-8-6-4-2/h10,12,14-15,18-19,25,27,32-34,38-39H,3-9,11,13,16-17,20-24,26,28-31,36H2,1-2H3,(H,37,40)(H,41,42)/b12-10-,15-14+,19-18+,27-25+. The number of rotatable bonds is 31. The molecule has 0 aliphatic rings. The van der Waals surface area contributed by atoms with E-state index in [4.69, 9.17) is 14.8 Å². The second kappa shape index (κ2) is 31.0. The van der Waals surface area contributed by atoms with Crippen LogP contribution >= 0.6 is 7.82 Å². The van der Waals surface area contributed by atoms with Crippen molar-refractivity contribution >= 4 is 13.7 Å². The van der Waals surface area contributed by atoms with Crippen molar-refractivity contribution in [1.82, 2.24) is 5.32 Å². The van der Waals surface area contributed by atoms with Gasteiger partial charge in [-0.05, 0) is 64.2 Å². The van der Waals surface area contributed by atoms with Gasteiger partial charge in [0.25, 0.3) is 0 Å². The SMILES string of the molecule is CCCC/C=C\CCCCC(O)CC(=O)NC(COP(=O)(O)OCCN)C(O)/C=C/CC/C=C/CC/C=C/CCCCCCC. The van der Waals surface area contributed by atoms with E-state index in [1.165, 1.54) is 44.9 Å². The second-order valence-electron chi connectivity index (χ2n) is 11.5. The number of carbonyl (C=O) groups is 1. The fourth-order valence-corrected chi connectivity index (χ4v) is 5.24. The van der Waals surface area contributed by atoms with Gasteiger partial charge in [-0.2, -0.15) is 0 Å². The molecule has 0 aromatic rings. The number of phosphoric ester groups is 1. The Balaban J connectivity index is 4.63. The first-order valence-electron chi connectivity index (χ1n) is 17.3. The predicted octanol–water partition coefficient (Wildman–Crippen LogP) is 7.57. The summed E-state index contributed by atoms with van der Waals surface area (Å²) in [6.07, 6.45) is 32.1. The highest BCUT2D eigenvalue weighted by atomic mass is 31.2. The first-order chi connectivity index (χ1) is 21.8. The highest BCUT2D eigenvalue weighted by Crippen LogP contribution is 2.43. The molecule has 0 aromatic carbocycles. The Morgan fingerprint density at radius 2 is 1.29 bits per heavy atom. The zero-order valence-corrected chi connectivity index (χ0v) is 29.1. The molecule has 0 aromatic heterocycles. The van der Waals surface area contributed by atoms with Gasteiger partial charge in [-0.3, -0.25) is 13.8 Å². The van der Waals surface area contributed by atoms with Crippen LogP contribution in [0.5, 0.6) is 0 Å². The third kappa shape index (κ3) is 29.6. The molecule has 0 spiro atoms. The molecule has 4 unspecified atom stereocenters. The fourth-order valence-electron chi connectivity index (χ4n) is 4.48. The van der Waals surface area contributed by atoms with E-state index in [1.807, 2.05) is 6.08 Å². The number of phosphoric acid groups is 1. The Bertz CT molecular complexity index is 863. The van der Waals surface area contributed by atoms with E-state index in [2.05, 4.69) is 55.6 Å². The van der Waals surface area contributed by atoms with Crippen molar-refractivity contribution in [1.29, 1.82) is 0 Å². The number of aliphatic hydroxyl groups excluding tert-OH is 2. The molecule has 10 heteroatoms. The number of nitrogens with one attached hydrogen (secondary N) is 1. The minimum atomic E-state index is -4.40. The van der Waals surface area contributed by atoms with E-state index < -0.39 is 38.6 Å². The lowest BCUT2D eigenvalue weighted by atomic mass is 10.1. The molecule has 0 aliphatic carbocycles. The van der Waals surface area contributed by atoms with Crippen molar-refractivity contribution < 1.29 is 33.5 Å². The van der Waals surface area contributed by atoms with Crippen LogP contribution in [0.2, 0.25) is 0 Å². The highest BCUT2D eigenvalue weighted by molar-refractivity contribution is 7.47. The molecule has 45 heavy (non-hydrogen) atoms. The molecule has 0 radical (unpaired) electrons. The summed E-state index contributed by atoms with van der Waals surface area (Å²) < 4.78 is 21.9. The molecule has 0 bridgehead atoms. The number of nitrogens with two attached hydrogens (primary N) is 1. The van der Waals surface area contributed by atoms with Crippen molar-refractivity contribution in [3.05, 3.63) is 48.6 Å². The minimum absolute atomic E-state index is 0.0385. The lowest BCUT2D eigenvalue weighted by Crippen LogP contribution is -2.46. The number of unbranched alkanes of at least 4 members (excludes halogenated alkanes) is 11. The van der Waals surface area contributed by atoms with Crippen LogP contribution < -0.4 is 11.1 Å². The van der Waals surface area contributed by atoms with Gasteiger partial charge >= 0.3 is 7.82 Å². The lowest BCUT2D eigenvalue weighted by Gasteiger charge is -2.24. The minimum Gasteiger partial charge on any atom is -0.393 e. The number of hydrogen-bond donors (Lipinski definition) is 5. The average molecular weight is 657 g/mol. The molecule has 6 N–H and O–H groups in total. The molecule has 9 nitrogen and oxygen atoms in total. The van der Waals surface area contributed by atoms with Gasteiger partial charge in [-0.15, -0.1) is 0 Å². The van der Waals surface area contributed by atoms with E-state index in [1.54, 1.807) is 6.08 Å². The van der Waals surface area contributed by atoms with E-state index in [9.17, 15) is 24.5 Å². The summed E-state index contributed by atoms with van der Waals surface area (Å²) in [6, 6.07) is -1.01. The zero-order valence-electron chi connectivity index (χ0n) is 28.2. The lowest BCUT2D eigenvalue weighted by molar-refractivity contribution is -0.124. The Labute approximate surface area is 274 Å². The van der Waals surface area contributed by atoms with Gasteiger partial charge in [-0.25, -0.2) is 4.57 Å². The van der Waals surface area contributed by atoms with Crippen molar-refractivity contribution in [2.45, 2.75) is 148 Å². The van der Waals surface area contributed by atoms with E-state index in [-0.39, 0.29) is 19.6 Å². The molecular weight excluding hydrogens is 591 g/mol. The van der Waals surface area contributed by atoms with E-state index in [0.29, 0.717) is 12.8 Å². The van der Waals surface area contributed by atoms with Gasteiger partial charge in [0.05, 0.1) is 37.9 Å². The van der Waals surface area contributed by atoms with Crippen LogP contribution in [0.4, 0.5) is 0 Å². The molecule has 0 heterocycles. The van der Waals surface area contributed by atoms with Gasteiger partial charge < -0.3 is 26.2 Å². The van der Waals surface area contributed by atoms with Gasteiger partial charge in [-0.1, -0.05) is 107 Å². The Kier molecular flexibility index (Phi) is 30.0. The summed E-state index contributed by atoms with van der Waals surface area (Å²) in [7, 11) is -4.40. The Hall–Kier alpha value is -1.58. The molecule has 0 saturated heterocycles. The molecule has 1 amide bonds. The largest absolute Gasteiger partial charge is 0.472 e. The van der Waals surface area contributed by atoms with Gasteiger partial charge in [0.1, 0.15) is 0 Å². The van der Waals surface area contributed by atoms with E-state index >= 15 is 0 Å². The quantitative estimate of drug-likeness (QED) is 0.0291. The van der Waals surface area contributed by atoms with Crippen LogP contribution in [-0.4, -0.2) is 59.0 Å². The van der Waals surface area contributed by atoms with Gasteiger partial charge in [0.15, 0.2) is 0 Å².